The molecule has 19 heavy (non-hydrogen) atoms. The molecule has 6 heteroatoms. The molecule has 2 aromatic heterocycles. The van der Waals surface area contributed by atoms with Crippen LogP contribution in [0.25, 0.3) is 0 Å². The van der Waals surface area contributed by atoms with Crippen LogP contribution in [0.2, 0.25) is 0 Å². The molecular weight excluding hydrogens is 276 g/mol. The third-order valence-corrected chi connectivity index (χ3v) is 4.43. The molecule has 0 saturated heterocycles. The molecule has 3 rings (SSSR count). The number of hydrogen-bond donors (Lipinski definition) is 2. The van der Waals surface area contributed by atoms with Crippen molar-refractivity contribution < 1.29 is 0 Å². The minimum absolute atomic E-state index is 0.379. The molecule has 4 nitrogen and oxygen atoms in total. The molecule has 0 unspecified atom stereocenters. The zero-order valence-corrected chi connectivity index (χ0v) is 12.0. The molecule has 0 bridgehead atoms. The molecule has 2 aromatic rings. The van der Waals surface area contributed by atoms with E-state index in [1.807, 2.05) is 6.07 Å². The van der Waals surface area contributed by atoms with Crippen LogP contribution in [0.15, 0.2) is 18.3 Å². The van der Waals surface area contributed by atoms with Gasteiger partial charge in [-0.25, -0.2) is 9.97 Å². The lowest BCUT2D eigenvalue weighted by molar-refractivity contribution is 0.683. The summed E-state index contributed by atoms with van der Waals surface area (Å²) in [5.74, 6) is 0.733. The topological polar surface area (TPSA) is 63.8 Å². The molecule has 0 amide bonds. The van der Waals surface area contributed by atoms with Gasteiger partial charge in [0.15, 0.2) is 5.13 Å². The number of nitrogens with two attached hydrogens (primary N) is 1. The van der Waals surface area contributed by atoms with Crippen molar-refractivity contribution in [3.8, 4) is 0 Å². The molecule has 0 spiro atoms. The van der Waals surface area contributed by atoms with Crippen LogP contribution in [-0.4, -0.2) is 15.0 Å². The van der Waals surface area contributed by atoms with Crippen LogP contribution >= 0.6 is 23.6 Å². The molecule has 0 aliphatic heterocycles. The van der Waals surface area contributed by atoms with Crippen molar-refractivity contribution in [2.75, 3.05) is 5.32 Å². The Kier molecular flexibility index (Phi) is 3.44. The summed E-state index contributed by atoms with van der Waals surface area (Å²) in [6.07, 6.45) is 6.45. The fourth-order valence-electron chi connectivity index (χ4n) is 2.17. The maximum absolute atomic E-state index is 5.62. The third-order valence-electron chi connectivity index (χ3n) is 3.13. The number of thiazole rings is 1. The van der Waals surface area contributed by atoms with Crippen molar-refractivity contribution in [3.05, 3.63) is 34.5 Å². The standard InChI is InChI=1S/C13H14N4S2/c14-12(18)8-5-6-15-11(7-8)17-13-16-9-3-1-2-4-10(9)19-13/h5-7H,1-4H2,(H2,14,18)(H,15,16,17). The van der Waals surface area contributed by atoms with Crippen molar-refractivity contribution in [1.82, 2.24) is 9.97 Å². The Hall–Kier alpha value is -1.53. The lowest BCUT2D eigenvalue weighted by Crippen LogP contribution is -2.09. The van der Waals surface area contributed by atoms with E-state index in [9.17, 15) is 0 Å². The molecule has 1 aliphatic carbocycles. The molecule has 2 heterocycles. The number of thiocarbonyl (C=S) groups is 1. The van der Waals surface area contributed by atoms with Crippen LogP contribution < -0.4 is 11.1 Å². The number of aromatic nitrogens is 2. The van der Waals surface area contributed by atoms with E-state index in [1.54, 1.807) is 23.6 Å². The summed E-state index contributed by atoms with van der Waals surface area (Å²) < 4.78 is 0. The lowest BCUT2D eigenvalue weighted by Gasteiger charge is -2.06. The summed E-state index contributed by atoms with van der Waals surface area (Å²) >= 11 is 6.68. The first-order valence-electron chi connectivity index (χ1n) is 6.24. The lowest BCUT2D eigenvalue weighted by atomic mass is 10.0. The van der Waals surface area contributed by atoms with Gasteiger partial charge in [0.2, 0.25) is 0 Å². The van der Waals surface area contributed by atoms with Crippen LogP contribution in [0.4, 0.5) is 10.9 Å². The van der Waals surface area contributed by atoms with Gasteiger partial charge in [0.25, 0.3) is 0 Å². The predicted octanol–water partition coefficient (Wildman–Crippen LogP) is 2.79. The average molecular weight is 290 g/mol. The normalized spacial score (nSPS) is 13.9. The van der Waals surface area contributed by atoms with Gasteiger partial charge in [-0.3, -0.25) is 0 Å². The van der Waals surface area contributed by atoms with E-state index in [-0.39, 0.29) is 0 Å². The highest BCUT2D eigenvalue weighted by Gasteiger charge is 2.15. The summed E-state index contributed by atoms with van der Waals surface area (Å²) in [6.45, 7) is 0. The molecule has 3 N–H and O–H groups in total. The number of hydrogen-bond acceptors (Lipinski definition) is 5. The van der Waals surface area contributed by atoms with Gasteiger partial charge in [-0.1, -0.05) is 12.2 Å². The van der Waals surface area contributed by atoms with Crippen molar-refractivity contribution in [1.29, 1.82) is 0 Å². The average Bonchev–Trinajstić information content (AvgIpc) is 2.81. The van der Waals surface area contributed by atoms with E-state index < -0.39 is 0 Å². The third kappa shape index (κ3) is 2.74. The first-order chi connectivity index (χ1) is 9.22. The van der Waals surface area contributed by atoms with Crippen LogP contribution in [0, 0.1) is 0 Å². The minimum Gasteiger partial charge on any atom is -0.389 e. The number of pyridine rings is 1. The quantitative estimate of drug-likeness (QED) is 0.851. The van der Waals surface area contributed by atoms with Crippen LogP contribution in [-0.2, 0) is 12.8 Å². The molecule has 0 aromatic carbocycles. The maximum atomic E-state index is 5.62. The largest absolute Gasteiger partial charge is 0.389 e. The fourth-order valence-corrected chi connectivity index (χ4v) is 3.35. The molecule has 0 saturated carbocycles. The Morgan fingerprint density at radius 1 is 1.37 bits per heavy atom. The Labute approximate surface area is 121 Å². The molecule has 0 atom stereocenters. The summed E-state index contributed by atoms with van der Waals surface area (Å²) in [7, 11) is 0. The van der Waals surface area contributed by atoms with Gasteiger partial charge in [-0.2, -0.15) is 0 Å². The van der Waals surface area contributed by atoms with E-state index in [4.69, 9.17) is 18.0 Å². The SMILES string of the molecule is NC(=S)c1ccnc(Nc2nc3c(s2)CCCC3)c1. The Balaban J connectivity index is 1.83. The molecular formula is C13H14N4S2. The zero-order valence-electron chi connectivity index (χ0n) is 10.3. The van der Waals surface area contributed by atoms with Crippen molar-refractivity contribution >= 4 is 39.5 Å². The molecule has 1 aliphatic rings. The van der Waals surface area contributed by atoms with E-state index in [0.717, 1.165) is 29.4 Å². The summed E-state index contributed by atoms with van der Waals surface area (Å²) in [5, 5.41) is 4.14. The van der Waals surface area contributed by atoms with Crippen LogP contribution in [0.3, 0.4) is 0 Å². The van der Waals surface area contributed by atoms with Crippen molar-refractivity contribution in [2.45, 2.75) is 25.7 Å². The zero-order chi connectivity index (χ0) is 13.2. The van der Waals surface area contributed by atoms with Crippen molar-refractivity contribution in [2.24, 2.45) is 5.73 Å². The van der Waals surface area contributed by atoms with Gasteiger partial charge in [0, 0.05) is 16.6 Å². The Bertz CT molecular complexity index is 597. The minimum atomic E-state index is 0.379. The smallest absolute Gasteiger partial charge is 0.188 e. The van der Waals surface area contributed by atoms with Gasteiger partial charge in [-0.05, 0) is 37.8 Å². The number of aryl methyl sites for hydroxylation is 2. The molecule has 0 radical (unpaired) electrons. The summed E-state index contributed by atoms with van der Waals surface area (Å²) in [4.78, 5) is 10.7. The Morgan fingerprint density at radius 2 is 2.21 bits per heavy atom. The van der Waals surface area contributed by atoms with E-state index >= 15 is 0 Å². The highest BCUT2D eigenvalue weighted by Crippen LogP contribution is 2.30. The van der Waals surface area contributed by atoms with Crippen molar-refractivity contribution in [3.63, 3.8) is 0 Å². The van der Waals surface area contributed by atoms with Gasteiger partial charge >= 0.3 is 0 Å². The highest BCUT2D eigenvalue weighted by molar-refractivity contribution is 7.80. The number of fused-ring (bicyclic) bond motifs is 1. The summed E-state index contributed by atoms with van der Waals surface area (Å²) in [6, 6.07) is 3.66. The monoisotopic (exact) mass is 290 g/mol. The predicted molar refractivity (Wildman–Crippen MR) is 82.2 cm³/mol. The maximum Gasteiger partial charge on any atom is 0.188 e. The highest BCUT2D eigenvalue weighted by atomic mass is 32.1. The first kappa shape index (κ1) is 12.5. The second kappa shape index (κ2) is 5.22. The Morgan fingerprint density at radius 3 is 3.00 bits per heavy atom. The van der Waals surface area contributed by atoms with Gasteiger partial charge in [0.05, 0.1) is 5.69 Å². The summed E-state index contributed by atoms with van der Waals surface area (Å²) in [5.41, 5.74) is 7.67. The van der Waals surface area contributed by atoms with Crippen LogP contribution in [0.1, 0.15) is 29.0 Å². The van der Waals surface area contributed by atoms with E-state index in [0.29, 0.717) is 4.99 Å². The van der Waals surface area contributed by atoms with E-state index in [2.05, 4.69) is 15.3 Å². The van der Waals surface area contributed by atoms with E-state index in [1.165, 1.54) is 23.4 Å². The second-order valence-electron chi connectivity index (χ2n) is 4.52. The van der Waals surface area contributed by atoms with Gasteiger partial charge < -0.3 is 11.1 Å². The second-order valence-corrected chi connectivity index (χ2v) is 6.04. The number of nitrogens with zero attached hydrogens (tertiary/aromatic N) is 2. The molecule has 0 fully saturated rings. The fraction of sp³-hybridized carbons (Fsp3) is 0.308. The number of anilines is 2. The molecule has 98 valence electrons. The van der Waals surface area contributed by atoms with Crippen LogP contribution in [0.5, 0.6) is 0 Å². The number of rotatable bonds is 3. The van der Waals surface area contributed by atoms with Gasteiger partial charge in [-0.15, -0.1) is 11.3 Å². The first-order valence-corrected chi connectivity index (χ1v) is 7.46. The van der Waals surface area contributed by atoms with Gasteiger partial charge in [0.1, 0.15) is 10.8 Å². The number of nitrogens with one attached hydrogen (secondary N) is 1.